The molecule has 7 nitrogen and oxygen atoms in total. The molecule has 2 aliphatic rings. The average molecular weight is 492 g/mol. The molecule has 3 aromatic rings. The fraction of sp³-hybridized carbons (Fsp3) is 0.296. The smallest absolute Gasteiger partial charge is 0.258 e. The molecule has 0 aromatic heterocycles. The van der Waals surface area contributed by atoms with Crippen LogP contribution in [-0.4, -0.2) is 58.0 Å². The minimum Gasteiger partial charge on any atom is -0.497 e. The minimum atomic E-state index is -3.62. The maximum atomic E-state index is 13.4. The highest BCUT2D eigenvalue weighted by Crippen LogP contribution is 2.36. The summed E-state index contributed by atoms with van der Waals surface area (Å²) >= 11 is 0. The minimum absolute atomic E-state index is 0.0382. The van der Waals surface area contributed by atoms with Crippen molar-refractivity contribution in [1.29, 1.82) is 0 Å². The van der Waals surface area contributed by atoms with Crippen molar-refractivity contribution in [3.63, 3.8) is 0 Å². The summed E-state index contributed by atoms with van der Waals surface area (Å²) < 4.78 is 33.7. The quantitative estimate of drug-likeness (QED) is 0.543. The summed E-state index contributed by atoms with van der Waals surface area (Å²) in [6.45, 7) is 4.06. The van der Waals surface area contributed by atoms with Gasteiger partial charge in [0.1, 0.15) is 5.75 Å². The van der Waals surface area contributed by atoms with E-state index in [-0.39, 0.29) is 16.8 Å². The number of fused-ring (bicyclic) bond motifs is 1. The standard InChI is InChI=1S/C27H29N3O4S/c1-20-18-22-19-25(12-13-26(22)30(20)27(31)21-6-4-3-5-7-21)35(32,33)29-16-14-28(15-17-29)23-8-10-24(34-2)11-9-23/h3-13,19-20H,14-18H2,1-2H3/t20-/m0/s1. The van der Waals surface area contributed by atoms with E-state index >= 15 is 0 Å². The van der Waals surface area contributed by atoms with Gasteiger partial charge in [0, 0.05) is 49.2 Å². The molecule has 35 heavy (non-hydrogen) atoms. The molecule has 182 valence electrons. The lowest BCUT2D eigenvalue weighted by Gasteiger charge is -2.35. The van der Waals surface area contributed by atoms with Crippen molar-refractivity contribution in [2.45, 2.75) is 24.3 Å². The Kier molecular flexibility index (Phi) is 6.25. The largest absolute Gasteiger partial charge is 0.497 e. The van der Waals surface area contributed by atoms with Crippen LogP contribution in [0.15, 0.2) is 77.7 Å². The van der Waals surface area contributed by atoms with Gasteiger partial charge < -0.3 is 14.5 Å². The van der Waals surface area contributed by atoms with E-state index in [1.807, 2.05) is 49.4 Å². The molecule has 0 saturated carbocycles. The van der Waals surface area contributed by atoms with Crippen molar-refractivity contribution in [2.24, 2.45) is 0 Å². The highest BCUT2D eigenvalue weighted by Gasteiger charge is 2.34. The van der Waals surface area contributed by atoms with Gasteiger partial charge in [-0.3, -0.25) is 4.79 Å². The zero-order chi connectivity index (χ0) is 24.6. The Hall–Kier alpha value is -3.36. The Balaban J connectivity index is 1.32. The van der Waals surface area contributed by atoms with Gasteiger partial charge in [-0.2, -0.15) is 4.31 Å². The molecule has 1 amide bonds. The third kappa shape index (κ3) is 4.39. The van der Waals surface area contributed by atoms with Crippen LogP contribution in [0.1, 0.15) is 22.8 Å². The van der Waals surface area contributed by atoms with Crippen LogP contribution in [0.25, 0.3) is 0 Å². The van der Waals surface area contributed by atoms with Crippen molar-refractivity contribution in [3.05, 3.63) is 83.9 Å². The van der Waals surface area contributed by atoms with Gasteiger partial charge in [-0.25, -0.2) is 8.42 Å². The van der Waals surface area contributed by atoms with E-state index in [1.54, 1.807) is 46.6 Å². The first-order chi connectivity index (χ1) is 16.9. The topological polar surface area (TPSA) is 70.2 Å². The van der Waals surface area contributed by atoms with Gasteiger partial charge in [0.15, 0.2) is 0 Å². The van der Waals surface area contributed by atoms with Gasteiger partial charge in [0.05, 0.1) is 12.0 Å². The Morgan fingerprint density at radius 1 is 0.914 bits per heavy atom. The van der Waals surface area contributed by atoms with Crippen molar-refractivity contribution in [2.75, 3.05) is 43.1 Å². The van der Waals surface area contributed by atoms with Crippen LogP contribution < -0.4 is 14.5 Å². The molecule has 1 atom stereocenters. The number of sulfonamides is 1. The van der Waals surface area contributed by atoms with Crippen molar-refractivity contribution in [1.82, 2.24) is 4.31 Å². The van der Waals surface area contributed by atoms with Crippen molar-refractivity contribution in [3.8, 4) is 5.75 Å². The maximum Gasteiger partial charge on any atom is 0.258 e. The second kappa shape index (κ2) is 9.36. The van der Waals surface area contributed by atoms with Gasteiger partial charge in [-0.15, -0.1) is 0 Å². The number of piperazine rings is 1. The molecule has 0 bridgehead atoms. The van der Waals surface area contributed by atoms with Crippen molar-refractivity contribution >= 4 is 27.3 Å². The SMILES string of the molecule is COc1ccc(N2CCN(S(=O)(=O)c3ccc4c(c3)C[C@H](C)N4C(=O)c3ccccc3)CC2)cc1. The monoisotopic (exact) mass is 491 g/mol. The number of nitrogens with zero attached hydrogens (tertiary/aromatic N) is 3. The van der Waals surface area contributed by atoms with Gasteiger partial charge in [-0.05, 0) is 73.5 Å². The molecule has 1 saturated heterocycles. The summed E-state index contributed by atoms with van der Waals surface area (Å²) in [6.07, 6.45) is 0.627. The molecule has 2 heterocycles. The van der Waals surface area contributed by atoms with Crippen molar-refractivity contribution < 1.29 is 17.9 Å². The Morgan fingerprint density at radius 2 is 1.60 bits per heavy atom. The summed E-state index contributed by atoms with van der Waals surface area (Å²) in [7, 11) is -1.99. The average Bonchev–Trinajstić information content (AvgIpc) is 3.23. The lowest BCUT2D eigenvalue weighted by Crippen LogP contribution is -2.48. The predicted octanol–water partition coefficient (Wildman–Crippen LogP) is 3.80. The van der Waals surface area contributed by atoms with Crippen LogP contribution in [0.3, 0.4) is 0 Å². The number of amides is 1. The molecule has 0 radical (unpaired) electrons. The van der Waals surface area contributed by atoms with Gasteiger partial charge >= 0.3 is 0 Å². The predicted molar refractivity (Wildman–Crippen MR) is 137 cm³/mol. The summed E-state index contributed by atoms with van der Waals surface area (Å²) in [5.74, 6) is 0.729. The lowest BCUT2D eigenvalue weighted by atomic mass is 10.1. The van der Waals surface area contributed by atoms with Gasteiger partial charge in [0.2, 0.25) is 10.0 Å². The van der Waals surface area contributed by atoms with E-state index in [4.69, 9.17) is 4.74 Å². The second-order valence-electron chi connectivity index (χ2n) is 8.97. The van der Waals surface area contributed by atoms with E-state index < -0.39 is 10.0 Å². The maximum absolute atomic E-state index is 13.4. The number of hydrogen-bond donors (Lipinski definition) is 0. The zero-order valence-corrected chi connectivity index (χ0v) is 20.7. The molecule has 2 aliphatic heterocycles. The highest BCUT2D eigenvalue weighted by molar-refractivity contribution is 7.89. The van der Waals surface area contributed by atoms with Gasteiger partial charge in [0.25, 0.3) is 5.91 Å². The summed E-state index contributed by atoms with van der Waals surface area (Å²) in [4.78, 5) is 17.4. The molecule has 3 aromatic carbocycles. The molecular formula is C27H29N3O4S. The first-order valence-corrected chi connectivity index (χ1v) is 13.2. The van der Waals surface area contributed by atoms with Crippen LogP contribution >= 0.6 is 0 Å². The molecule has 0 spiro atoms. The molecular weight excluding hydrogens is 462 g/mol. The first kappa shape index (κ1) is 23.4. The van der Waals surface area contributed by atoms with E-state index in [2.05, 4.69) is 4.90 Å². The number of anilines is 2. The number of rotatable bonds is 5. The highest BCUT2D eigenvalue weighted by atomic mass is 32.2. The fourth-order valence-corrected chi connectivity index (χ4v) is 6.40. The summed E-state index contributed by atoms with van der Waals surface area (Å²) in [5, 5.41) is 0. The second-order valence-corrected chi connectivity index (χ2v) is 10.9. The molecule has 0 N–H and O–H groups in total. The van der Waals surface area contributed by atoms with Crippen LogP contribution in [0.4, 0.5) is 11.4 Å². The number of hydrogen-bond acceptors (Lipinski definition) is 5. The molecule has 5 rings (SSSR count). The van der Waals surface area contributed by atoms with Crippen LogP contribution in [0, 0.1) is 0 Å². The molecule has 1 fully saturated rings. The molecule has 0 unspecified atom stereocenters. The molecule has 0 aliphatic carbocycles. The summed E-state index contributed by atoms with van der Waals surface area (Å²) in [6, 6.07) is 22.1. The third-order valence-electron chi connectivity index (χ3n) is 6.82. The fourth-order valence-electron chi connectivity index (χ4n) is 4.93. The van der Waals surface area contributed by atoms with Crippen LogP contribution in [-0.2, 0) is 16.4 Å². The Morgan fingerprint density at radius 3 is 2.26 bits per heavy atom. The van der Waals surface area contributed by atoms with Gasteiger partial charge in [-0.1, -0.05) is 18.2 Å². The Bertz CT molecular complexity index is 1320. The first-order valence-electron chi connectivity index (χ1n) is 11.8. The van der Waals surface area contributed by atoms with E-state index in [0.29, 0.717) is 38.2 Å². The molecule has 8 heteroatoms. The van der Waals surface area contributed by atoms with Crippen LogP contribution in [0.2, 0.25) is 0 Å². The zero-order valence-electron chi connectivity index (χ0n) is 19.9. The van der Waals surface area contributed by atoms with Crippen LogP contribution in [0.5, 0.6) is 5.75 Å². The lowest BCUT2D eigenvalue weighted by molar-refractivity contribution is 0.0981. The number of carbonyl (C=O) groups excluding carboxylic acids is 1. The van der Waals surface area contributed by atoms with E-state index in [1.165, 1.54) is 0 Å². The normalized spacial score (nSPS) is 18.4. The number of carbonyl (C=O) groups is 1. The third-order valence-corrected chi connectivity index (χ3v) is 8.71. The van der Waals surface area contributed by atoms with E-state index in [0.717, 1.165) is 22.7 Å². The number of ether oxygens (including phenoxy) is 1. The number of methoxy groups -OCH3 is 1. The summed E-state index contributed by atoms with van der Waals surface area (Å²) in [5.41, 5.74) is 3.35. The Labute approximate surface area is 206 Å². The van der Waals surface area contributed by atoms with E-state index in [9.17, 15) is 13.2 Å². The number of benzene rings is 3.